The smallest absolute Gasteiger partial charge is 0.187 e. The van der Waals surface area contributed by atoms with Crippen molar-refractivity contribution in [3.05, 3.63) is 23.8 Å². The van der Waals surface area contributed by atoms with Crippen molar-refractivity contribution in [1.29, 1.82) is 0 Å². The Morgan fingerprint density at radius 1 is 1.36 bits per heavy atom. The molecule has 2 N–H and O–H groups in total. The zero-order chi connectivity index (χ0) is 17.9. The lowest BCUT2D eigenvalue weighted by Gasteiger charge is -2.26. The summed E-state index contributed by atoms with van der Waals surface area (Å²) in [6.07, 6.45) is 1.69. The quantitative estimate of drug-likeness (QED) is 0.407. The van der Waals surface area contributed by atoms with Gasteiger partial charge in [0.1, 0.15) is 0 Å². The van der Waals surface area contributed by atoms with Crippen molar-refractivity contribution < 1.29 is 14.2 Å². The van der Waals surface area contributed by atoms with Crippen LogP contribution in [-0.2, 0) is 4.74 Å². The topological polar surface area (TPSA) is 67.4 Å². The fourth-order valence-corrected chi connectivity index (χ4v) is 2.55. The third-order valence-corrected chi connectivity index (χ3v) is 3.92. The number of morpholine rings is 1. The molecule has 0 spiro atoms. The van der Waals surface area contributed by atoms with Crippen LogP contribution in [0.1, 0.15) is 12.5 Å². The van der Waals surface area contributed by atoms with Crippen molar-refractivity contribution in [3.8, 4) is 11.5 Å². The predicted octanol–water partition coefficient (Wildman–Crippen LogP) is 1.22. The highest BCUT2D eigenvalue weighted by Gasteiger charge is 2.09. The Balaban J connectivity index is 1.73. The van der Waals surface area contributed by atoms with E-state index in [9.17, 15) is 0 Å². The SMILES string of the molecule is CCOc1cc(/C=N\NC(=S)NCCN2CCOCC2)ccc1OC. The molecule has 0 aromatic heterocycles. The van der Waals surface area contributed by atoms with Gasteiger partial charge in [0.05, 0.1) is 33.1 Å². The maximum Gasteiger partial charge on any atom is 0.187 e. The molecule has 0 amide bonds. The Hall–Kier alpha value is -1.90. The van der Waals surface area contributed by atoms with E-state index in [0.29, 0.717) is 23.2 Å². The van der Waals surface area contributed by atoms with E-state index in [2.05, 4.69) is 20.7 Å². The molecule has 2 rings (SSSR count). The van der Waals surface area contributed by atoms with Crippen LogP contribution in [0.2, 0.25) is 0 Å². The van der Waals surface area contributed by atoms with Crippen molar-refractivity contribution in [2.75, 3.05) is 53.1 Å². The number of benzene rings is 1. The van der Waals surface area contributed by atoms with Gasteiger partial charge < -0.3 is 19.5 Å². The molecule has 8 heteroatoms. The molecule has 138 valence electrons. The van der Waals surface area contributed by atoms with Crippen LogP contribution in [-0.4, -0.2) is 69.3 Å². The molecule has 0 unspecified atom stereocenters. The van der Waals surface area contributed by atoms with E-state index >= 15 is 0 Å². The molecule has 0 saturated carbocycles. The average Bonchev–Trinajstić information content (AvgIpc) is 2.63. The third kappa shape index (κ3) is 6.85. The first kappa shape index (κ1) is 19.4. The van der Waals surface area contributed by atoms with Crippen molar-refractivity contribution in [2.24, 2.45) is 5.10 Å². The monoisotopic (exact) mass is 366 g/mol. The van der Waals surface area contributed by atoms with Gasteiger partial charge in [0.2, 0.25) is 0 Å². The first-order valence-corrected chi connectivity index (χ1v) is 8.81. The fourth-order valence-electron chi connectivity index (χ4n) is 2.40. The molecule has 0 atom stereocenters. The van der Waals surface area contributed by atoms with Crippen molar-refractivity contribution in [1.82, 2.24) is 15.6 Å². The summed E-state index contributed by atoms with van der Waals surface area (Å²) in [6.45, 7) is 7.77. The average molecular weight is 366 g/mol. The molecule has 7 nitrogen and oxygen atoms in total. The van der Waals surface area contributed by atoms with Gasteiger partial charge in [0, 0.05) is 26.2 Å². The molecule has 25 heavy (non-hydrogen) atoms. The number of thiocarbonyl (C=S) groups is 1. The van der Waals surface area contributed by atoms with Gasteiger partial charge in [-0.3, -0.25) is 10.3 Å². The molecule has 1 saturated heterocycles. The number of hydrogen-bond acceptors (Lipinski definition) is 6. The Morgan fingerprint density at radius 3 is 2.88 bits per heavy atom. The number of rotatable bonds is 8. The predicted molar refractivity (Wildman–Crippen MR) is 103 cm³/mol. The van der Waals surface area contributed by atoms with Crippen LogP contribution in [0, 0.1) is 0 Å². The standard InChI is InChI=1S/C17H26N4O3S/c1-3-24-16-12-14(4-5-15(16)22-2)13-19-20-17(25)18-6-7-21-8-10-23-11-9-21/h4-5,12-13H,3,6-11H2,1-2H3,(H2,18,20,25)/b19-13-. The largest absolute Gasteiger partial charge is 0.493 e. The van der Waals surface area contributed by atoms with Crippen LogP contribution in [0.4, 0.5) is 0 Å². The van der Waals surface area contributed by atoms with Crippen LogP contribution in [0.3, 0.4) is 0 Å². The van der Waals surface area contributed by atoms with Crippen LogP contribution >= 0.6 is 12.2 Å². The summed E-state index contributed by atoms with van der Waals surface area (Å²) < 4.78 is 16.1. The Morgan fingerprint density at radius 2 is 2.16 bits per heavy atom. The maximum atomic E-state index is 5.55. The van der Waals surface area contributed by atoms with Gasteiger partial charge in [-0.25, -0.2) is 0 Å². The van der Waals surface area contributed by atoms with Gasteiger partial charge >= 0.3 is 0 Å². The number of nitrogens with zero attached hydrogens (tertiary/aromatic N) is 2. The van der Waals surface area contributed by atoms with E-state index < -0.39 is 0 Å². The highest BCUT2D eigenvalue weighted by molar-refractivity contribution is 7.80. The first-order chi connectivity index (χ1) is 12.2. The molecule has 1 aliphatic heterocycles. The molecule has 1 aromatic rings. The van der Waals surface area contributed by atoms with E-state index in [0.717, 1.165) is 45.0 Å². The summed E-state index contributed by atoms with van der Waals surface area (Å²) >= 11 is 5.22. The lowest BCUT2D eigenvalue weighted by molar-refractivity contribution is 0.0389. The third-order valence-electron chi connectivity index (χ3n) is 3.68. The summed E-state index contributed by atoms with van der Waals surface area (Å²) in [4.78, 5) is 2.34. The lowest BCUT2D eigenvalue weighted by atomic mass is 10.2. The molecule has 0 bridgehead atoms. The molecule has 0 radical (unpaired) electrons. The summed E-state index contributed by atoms with van der Waals surface area (Å²) in [5.74, 6) is 1.40. The highest BCUT2D eigenvalue weighted by Crippen LogP contribution is 2.27. The number of hydrazone groups is 1. The van der Waals surface area contributed by atoms with E-state index in [-0.39, 0.29) is 0 Å². The molecule has 1 heterocycles. The van der Waals surface area contributed by atoms with E-state index in [1.807, 2.05) is 25.1 Å². The van der Waals surface area contributed by atoms with Crippen LogP contribution in [0.25, 0.3) is 0 Å². The maximum absolute atomic E-state index is 5.55. The van der Waals surface area contributed by atoms with Gasteiger partial charge in [-0.2, -0.15) is 5.10 Å². The van der Waals surface area contributed by atoms with Gasteiger partial charge in [-0.15, -0.1) is 0 Å². The summed E-state index contributed by atoms with van der Waals surface area (Å²) in [5, 5.41) is 7.80. The Bertz CT molecular complexity index is 577. The summed E-state index contributed by atoms with van der Waals surface area (Å²) in [5.41, 5.74) is 3.72. The van der Waals surface area contributed by atoms with Crippen molar-refractivity contribution in [2.45, 2.75) is 6.92 Å². The second-order valence-electron chi connectivity index (χ2n) is 5.42. The van der Waals surface area contributed by atoms with Gasteiger partial charge in [0.15, 0.2) is 16.6 Å². The van der Waals surface area contributed by atoms with Gasteiger partial charge in [0.25, 0.3) is 0 Å². The number of ether oxygens (including phenoxy) is 3. The van der Waals surface area contributed by atoms with Crippen LogP contribution < -0.4 is 20.2 Å². The number of nitrogens with one attached hydrogen (secondary N) is 2. The molecular formula is C17H26N4O3S. The molecule has 1 fully saturated rings. The number of methoxy groups -OCH3 is 1. The summed E-state index contributed by atoms with van der Waals surface area (Å²) in [6, 6.07) is 5.63. The Labute approximate surface area is 154 Å². The minimum Gasteiger partial charge on any atom is -0.493 e. The molecule has 1 aliphatic rings. The fraction of sp³-hybridized carbons (Fsp3) is 0.529. The second-order valence-corrected chi connectivity index (χ2v) is 5.83. The zero-order valence-electron chi connectivity index (χ0n) is 14.8. The first-order valence-electron chi connectivity index (χ1n) is 8.40. The zero-order valence-corrected chi connectivity index (χ0v) is 15.6. The molecule has 1 aromatic carbocycles. The van der Waals surface area contributed by atoms with Crippen molar-refractivity contribution in [3.63, 3.8) is 0 Å². The van der Waals surface area contributed by atoms with Gasteiger partial charge in [-0.1, -0.05) is 0 Å². The minimum absolute atomic E-state index is 0.503. The highest BCUT2D eigenvalue weighted by atomic mass is 32.1. The van der Waals surface area contributed by atoms with E-state index in [1.54, 1.807) is 13.3 Å². The second kappa shape index (κ2) is 10.9. The normalized spacial score (nSPS) is 15.1. The van der Waals surface area contributed by atoms with Crippen LogP contribution in [0.15, 0.2) is 23.3 Å². The Kier molecular flexibility index (Phi) is 8.44. The minimum atomic E-state index is 0.503. The van der Waals surface area contributed by atoms with Gasteiger partial charge in [-0.05, 0) is 42.9 Å². The number of hydrogen-bond donors (Lipinski definition) is 2. The van der Waals surface area contributed by atoms with E-state index in [1.165, 1.54) is 0 Å². The lowest BCUT2D eigenvalue weighted by Crippen LogP contribution is -2.42. The molecular weight excluding hydrogens is 340 g/mol. The van der Waals surface area contributed by atoms with Crippen LogP contribution in [0.5, 0.6) is 11.5 Å². The summed E-state index contributed by atoms with van der Waals surface area (Å²) in [7, 11) is 1.62. The van der Waals surface area contributed by atoms with Crippen molar-refractivity contribution >= 4 is 23.5 Å². The molecule has 0 aliphatic carbocycles. The van der Waals surface area contributed by atoms with E-state index in [4.69, 9.17) is 26.4 Å².